The summed E-state index contributed by atoms with van der Waals surface area (Å²) in [7, 11) is -3.91. The lowest BCUT2D eigenvalue weighted by molar-refractivity contribution is 0.598. The zero-order valence-corrected chi connectivity index (χ0v) is 13.6. The predicted molar refractivity (Wildman–Crippen MR) is 83.1 cm³/mol. The van der Waals surface area contributed by atoms with Crippen LogP contribution in [0, 0.1) is 19.7 Å². The largest absolute Gasteiger partial charge is 0.277 e. The first-order chi connectivity index (χ1) is 9.70. The Bertz CT molecular complexity index is 807. The summed E-state index contributed by atoms with van der Waals surface area (Å²) in [5, 5.41) is 0.665. The molecule has 0 amide bonds. The van der Waals surface area contributed by atoms with Crippen molar-refractivity contribution in [2.75, 3.05) is 4.72 Å². The first kappa shape index (κ1) is 16.1. The normalized spacial score (nSPS) is 11.5. The number of rotatable bonds is 3. The lowest BCUT2D eigenvalue weighted by atomic mass is 10.2. The molecule has 0 heterocycles. The van der Waals surface area contributed by atoms with Gasteiger partial charge in [0.1, 0.15) is 5.82 Å². The molecule has 0 aromatic heterocycles. The molecule has 0 saturated heterocycles. The van der Waals surface area contributed by atoms with Crippen LogP contribution in [0.1, 0.15) is 11.1 Å². The zero-order chi connectivity index (χ0) is 15.8. The Kier molecular flexibility index (Phi) is 4.46. The molecule has 0 radical (unpaired) electrons. The van der Waals surface area contributed by atoms with Crippen LogP contribution in [0.5, 0.6) is 0 Å². The molecule has 2 rings (SSSR count). The lowest BCUT2D eigenvalue weighted by Gasteiger charge is -2.12. The second kappa shape index (κ2) is 5.83. The van der Waals surface area contributed by atoms with Crippen molar-refractivity contribution in [2.45, 2.75) is 18.7 Å². The molecule has 0 aliphatic rings. The molecule has 3 nitrogen and oxygen atoms in total. The molecular formula is C14H12Cl2FNO2S. The van der Waals surface area contributed by atoms with Crippen LogP contribution < -0.4 is 4.72 Å². The molecule has 112 valence electrons. The van der Waals surface area contributed by atoms with Crippen molar-refractivity contribution in [2.24, 2.45) is 0 Å². The third-order valence-corrected chi connectivity index (χ3v) is 5.07. The molecule has 0 saturated carbocycles. The van der Waals surface area contributed by atoms with E-state index in [2.05, 4.69) is 4.72 Å². The zero-order valence-electron chi connectivity index (χ0n) is 11.2. The Balaban J connectivity index is 2.46. The van der Waals surface area contributed by atoms with Gasteiger partial charge in [-0.05, 0) is 55.3 Å². The molecule has 0 unspecified atom stereocenters. The van der Waals surface area contributed by atoms with Crippen LogP contribution in [-0.4, -0.2) is 8.42 Å². The number of anilines is 1. The second-order valence-corrected chi connectivity index (χ2v) is 7.09. The topological polar surface area (TPSA) is 46.2 Å². The number of benzene rings is 2. The highest BCUT2D eigenvalue weighted by Crippen LogP contribution is 2.27. The van der Waals surface area contributed by atoms with E-state index in [9.17, 15) is 12.8 Å². The van der Waals surface area contributed by atoms with Crippen molar-refractivity contribution < 1.29 is 12.8 Å². The van der Waals surface area contributed by atoms with E-state index < -0.39 is 15.8 Å². The predicted octanol–water partition coefficient (Wildman–Crippen LogP) is 4.55. The van der Waals surface area contributed by atoms with E-state index in [0.717, 1.165) is 6.07 Å². The average Bonchev–Trinajstić information content (AvgIpc) is 2.37. The molecule has 2 aromatic rings. The van der Waals surface area contributed by atoms with Gasteiger partial charge in [-0.25, -0.2) is 12.8 Å². The maximum atomic E-state index is 13.7. The van der Waals surface area contributed by atoms with Crippen LogP contribution in [0.2, 0.25) is 10.0 Å². The van der Waals surface area contributed by atoms with Gasteiger partial charge in [0, 0.05) is 10.0 Å². The van der Waals surface area contributed by atoms with Gasteiger partial charge in [0.2, 0.25) is 0 Å². The summed E-state index contributed by atoms with van der Waals surface area (Å²) >= 11 is 11.6. The van der Waals surface area contributed by atoms with E-state index in [-0.39, 0.29) is 15.6 Å². The molecule has 21 heavy (non-hydrogen) atoms. The lowest BCUT2D eigenvalue weighted by Crippen LogP contribution is -2.15. The van der Waals surface area contributed by atoms with Crippen LogP contribution in [-0.2, 0) is 10.0 Å². The Hall–Kier alpha value is -1.30. The molecule has 7 heteroatoms. The summed E-state index contributed by atoms with van der Waals surface area (Å²) in [6.07, 6.45) is 0. The third kappa shape index (κ3) is 3.48. The fourth-order valence-corrected chi connectivity index (χ4v) is 3.57. The molecule has 1 N–H and O–H groups in total. The van der Waals surface area contributed by atoms with Gasteiger partial charge in [-0.3, -0.25) is 4.72 Å². The first-order valence-corrected chi connectivity index (χ1v) is 8.19. The second-order valence-electron chi connectivity index (χ2n) is 4.60. The van der Waals surface area contributed by atoms with Gasteiger partial charge in [0.15, 0.2) is 0 Å². The summed E-state index contributed by atoms with van der Waals surface area (Å²) < 4.78 is 40.7. The minimum atomic E-state index is -3.91. The SMILES string of the molecule is Cc1cc(S(=O)(=O)Nc2ccc(Cl)cc2F)c(C)cc1Cl. The molecule has 0 atom stereocenters. The molecular weight excluding hydrogens is 336 g/mol. The maximum Gasteiger partial charge on any atom is 0.262 e. The van der Waals surface area contributed by atoms with Crippen molar-refractivity contribution >= 4 is 38.9 Å². The molecule has 0 spiro atoms. The monoisotopic (exact) mass is 347 g/mol. The van der Waals surface area contributed by atoms with Crippen molar-refractivity contribution in [3.05, 3.63) is 57.3 Å². The van der Waals surface area contributed by atoms with Gasteiger partial charge in [-0.2, -0.15) is 0 Å². The number of hydrogen-bond donors (Lipinski definition) is 1. The first-order valence-electron chi connectivity index (χ1n) is 5.95. The van der Waals surface area contributed by atoms with Gasteiger partial charge in [0.05, 0.1) is 10.6 Å². The number of sulfonamides is 1. The van der Waals surface area contributed by atoms with Crippen LogP contribution >= 0.6 is 23.2 Å². The van der Waals surface area contributed by atoms with E-state index in [1.54, 1.807) is 19.9 Å². The Morgan fingerprint density at radius 1 is 1.05 bits per heavy atom. The van der Waals surface area contributed by atoms with Crippen molar-refractivity contribution in [1.82, 2.24) is 0 Å². The maximum absolute atomic E-state index is 13.7. The fourth-order valence-electron chi connectivity index (χ4n) is 1.82. The molecule has 0 bridgehead atoms. The number of halogens is 3. The summed E-state index contributed by atoms with van der Waals surface area (Å²) in [4.78, 5) is 0.0544. The minimum Gasteiger partial charge on any atom is -0.277 e. The fraction of sp³-hybridized carbons (Fsp3) is 0.143. The molecule has 0 aliphatic heterocycles. The van der Waals surface area contributed by atoms with E-state index in [1.807, 2.05) is 0 Å². The standard InChI is InChI=1S/C14H12Cl2FNO2S/c1-8-6-14(9(2)5-11(8)16)21(19,20)18-13-4-3-10(15)7-12(13)17/h3-7,18H,1-2H3. The Morgan fingerprint density at radius 2 is 1.71 bits per heavy atom. The van der Waals surface area contributed by atoms with E-state index in [1.165, 1.54) is 18.2 Å². The summed E-state index contributed by atoms with van der Waals surface area (Å²) in [5.74, 6) is -0.741. The highest BCUT2D eigenvalue weighted by atomic mass is 35.5. The van der Waals surface area contributed by atoms with Crippen LogP contribution in [0.15, 0.2) is 35.2 Å². The van der Waals surface area contributed by atoms with Crippen molar-refractivity contribution in [3.63, 3.8) is 0 Å². The van der Waals surface area contributed by atoms with E-state index in [4.69, 9.17) is 23.2 Å². The summed E-state index contributed by atoms with van der Waals surface area (Å²) in [6.45, 7) is 3.32. The molecule has 2 aromatic carbocycles. The number of hydrogen-bond acceptors (Lipinski definition) is 2. The molecule has 0 fully saturated rings. The van der Waals surface area contributed by atoms with Crippen molar-refractivity contribution in [3.8, 4) is 0 Å². The van der Waals surface area contributed by atoms with E-state index in [0.29, 0.717) is 16.1 Å². The minimum absolute atomic E-state index is 0.0544. The van der Waals surface area contributed by atoms with Gasteiger partial charge in [-0.1, -0.05) is 23.2 Å². The van der Waals surface area contributed by atoms with Gasteiger partial charge < -0.3 is 0 Å². The van der Waals surface area contributed by atoms with Gasteiger partial charge in [0.25, 0.3) is 10.0 Å². The number of nitrogens with one attached hydrogen (secondary N) is 1. The quantitative estimate of drug-likeness (QED) is 0.885. The van der Waals surface area contributed by atoms with Crippen LogP contribution in [0.25, 0.3) is 0 Å². The summed E-state index contributed by atoms with van der Waals surface area (Å²) in [5.41, 5.74) is 0.943. The van der Waals surface area contributed by atoms with Crippen LogP contribution in [0.4, 0.5) is 10.1 Å². The highest BCUT2D eigenvalue weighted by molar-refractivity contribution is 7.92. The smallest absolute Gasteiger partial charge is 0.262 e. The van der Waals surface area contributed by atoms with E-state index >= 15 is 0 Å². The summed E-state index contributed by atoms with van der Waals surface area (Å²) in [6, 6.07) is 6.73. The van der Waals surface area contributed by atoms with Gasteiger partial charge in [-0.15, -0.1) is 0 Å². The third-order valence-electron chi connectivity index (χ3n) is 2.92. The van der Waals surface area contributed by atoms with Gasteiger partial charge >= 0.3 is 0 Å². The average molecular weight is 348 g/mol. The number of aryl methyl sites for hydroxylation is 2. The Labute approximate surface area is 132 Å². The molecule has 0 aliphatic carbocycles. The highest BCUT2D eigenvalue weighted by Gasteiger charge is 2.20. The Morgan fingerprint density at radius 3 is 2.33 bits per heavy atom. The van der Waals surface area contributed by atoms with Crippen molar-refractivity contribution in [1.29, 1.82) is 0 Å². The van der Waals surface area contributed by atoms with Crippen LogP contribution in [0.3, 0.4) is 0 Å².